The van der Waals surface area contributed by atoms with E-state index in [2.05, 4.69) is 10.0 Å². The van der Waals surface area contributed by atoms with E-state index in [0.29, 0.717) is 5.69 Å². The summed E-state index contributed by atoms with van der Waals surface area (Å²) in [5, 5.41) is 2.32. The Kier molecular flexibility index (Phi) is 6.73. The molecule has 0 unspecified atom stereocenters. The third-order valence-corrected chi connectivity index (χ3v) is 5.65. The number of carbonyl (C=O) groups is 1. The lowest BCUT2D eigenvalue weighted by atomic mass is 10.2. The first-order valence-corrected chi connectivity index (χ1v) is 10.8. The van der Waals surface area contributed by atoms with Crippen LogP contribution in [0.5, 0.6) is 5.75 Å². The molecule has 0 saturated carbocycles. The second-order valence-electron chi connectivity index (χ2n) is 6.86. The average molecular weight is 464 g/mol. The average Bonchev–Trinajstić information content (AvgIpc) is 2.72. The number of alkyl halides is 3. The van der Waals surface area contributed by atoms with E-state index in [9.17, 15) is 26.4 Å². The van der Waals surface area contributed by atoms with Gasteiger partial charge in [-0.2, -0.15) is 13.2 Å². The molecule has 168 valence electrons. The number of amides is 1. The number of halogens is 3. The normalized spacial score (nSPS) is 11.6. The summed E-state index contributed by atoms with van der Waals surface area (Å²) in [7, 11) is -3.81. The first-order valence-electron chi connectivity index (χ1n) is 9.32. The minimum Gasteiger partial charge on any atom is -0.484 e. The number of nitrogens with one attached hydrogen (secondary N) is 2. The number of hydrogen-bond donors (Lipinski definition) is 2. The monoisotopic (exact) mass is 464 g/mol. The highest BCUT2D eigenvalue weighted by atomic mass is 32.2. The van der Waals surface area contributed by atoms with Crippen LogP contribution < -0.4 is 14.8 Å². The van der Waals surface area contributed by atoms with Crippen molar-refractivity contribution in [3.8, 4) is 5.75 Å². The Morgan fingerprint density at radius 3 is 2.25 bits per heavy atom. The van der Waals surface area contributed by atoms with Crippen LogP contribution in [0, 0.1) is 6.92 Å². The van der Waals surface area contributed by atoms with Gasteiger partial charge < -0.3 is 10.1 Å². The lowest BCUT2D eigenvalue weighted by molar-refractivity contribution is -0.137. The smallest absolute Gasteiger partial charge is 0.416 e. The molecule has 0 radical (unpaired) electrons. The maximum Gasteiger partial charge on any atom is 0.416 e. The highest BCUT2D eigenvalue weighted by Crippen LogP contribution is 2.30. The minimum atomic E-state index is -4.52. The molecule has 0 aliphatic carbocycles. The van der Waals surface area contributed by atoms with Gasteiger partial charge in [0.2, 0.25) is 0 Å². The van der Waals surface area contributed by atoms with Crippen molar-refractivity contribution in [3.05, 3.63) is 83.9 Å². The van der Waals surface area contributed by atoms with E-state index in [-0.39, 0.29) is 16.3 Å². The molecule has 3 aromatic carbocycles. The van der Waals surface area contributed by atoms with Gasteiger partial charge in [-0.15, -0.1) is 0 Å². The molecular formula is C22H19F3N2O4S. The van der Waals surface area contributed by atoms with Crippen molar-refractivity contribution in [1.29, 1.82) is 0 Å². The van der Waals surface area contributed by atoms with E-state index in [0.717, 1.165) is 17.7 Å². The zero-order valence-corrected chi connectivity index (χ0v) is 17.6. The molecule has 0 aliphatic rings. The number of hydrogen-bond acceptors (Lipinski definition) is 4. The third kappa shape index (κ3) is 6.24. The molecule has 3 aromatic rings. The summed E-state index contributed by atoms with van der Waals surface area (Å²) in [6, 6.07) is 16.5. The summed E-state index contributed by atoms with van der Waals surface area (Å²) in [4.78, 5) is 12.0. The Labute approximate surface area is 183 Å². The fourth-order valence-electron chi connectivity index (χ4n) is 2.76. The Morgan fingerprint density at radius 1 is 0.938 bits per heavy atom. The van der Waals surface area contributed by atoms with Crippen LogP contribution in [0.3, 0.4) is 0 Å². The highest BCUT2D eigenvalue weighted by Gasteiger charge is 2.30. The minimum absolute atomic E-state index is 0.000210. The summed E-state index contributed by atoms with van der Waals surface area (Å²) in [6.45, 7) is 1.37. The molecule has 1 amide bonds. The number of anilines is 2. The zero-order valence-electron chi connectivity index (χ0n) is 16.8. The number of sulfonamides is 1. The van der Waals surface area contributed by atoms with E-state index < -0.39 is 34.3 Å². The van der Waals surface area contributed by atoms with Crippen LogP contribution in [0.15, 0.2) is 77.7 Å². The first-order chi connectivity index (χ1) is 15.0. The molecule has 32 heavy (non-hydrogen) atoms. The molecule has 2 N–H and O–H groups in total. The van der Waals surface area contributed by atoms with Crippen molar-refractivity contribution in [2.75, 3.05) is 16.6 Å². The van der Waals surface area contributed by atoms with Crippen molar-refractivity contribution < 1.29 is 31.1 Å². The number of carbonyl (C=O) groups excluding carboxylic acids is 1. The molecule has 0 aromatic heterocycles. The summed E-state index contributed by atoms with van der Waals surface area (Å²) in [5.74, 6) is -0.444. The van der Waals surface area contributed by atoms with E-state index in [4.69, 9.17) is 4.74 Å². The lowest BCUT2D eigenvalue weighted by Gasteiger charge is -2.11. The molecule has 6 nitrogen and oxygen atoms in total. The van der Waals surface area contributed by atoms with E-state index in [1.165, 1.54) is 36.4 Å². The van der Waals surface area contributed by atoms with Gasteiger partial charge in [0, 0.05) is 11.4 Å². The third-order valence-electron chi connectivity index (χ3n) is 4.25. The van der Waals surface area contributed by atoms with Crippen LogP contribution >= 0.6 is 0 Å². The number of benzene rings is 3. The molecule has 3 rings (SSSR count). The Bertz CT molecular complexity index is 1210. The standard InChI is InChI=1S/C22H19F3N2O4S/c1-15-4-2-7-18(12-15)27-32(29,30)20-10-8-19(9-11-20)31-14-21(28)26-17-6-3-5-16(13-17)22(23,24)25/h2-13,27H,14H2,1H3,(H,26,28). The van der Waals surface area contributed by atoms with Gasteiger partial charge in [-0.05, 0) is 67.1 Å². The summed E-state index contributed by atoms with van der Waals surface area (Å²) >= 11 is 0. The zero-order chi connectivity index (χ0) is 23.4. The van der Waals surface area contributed by atoms with Crippen molar-refractivity contribution in [1.82, 2.24) is 0 Å². The van der Waals surface area contributed by atoms with Crippen molar-refractivity contribution in [3.63, 3.8) is 0 Å². The van der Waals surface area contributed by atoms with Crippen LogP contribution in [-0.4, -0.2) is 20.9 Å². The molecule has 10 heteroatoms. The fraction of sp³-hybridized carbons (Fsp3) is 0.136. The van der Waals surface area contributed by atoms with Gasteiger partial charge in [-0.3, -0.25) is 9.52 Å². The Balaban J connectivity index is 1.58. The molecule has 0 spiro atoms. The van der Waals surface area contributed by atoms with Gasteiger partial charge in [0.25, 0.3) is 15.9 Å². The first kappa shape index (κ1) is 23.1. The predicted octanol–water partition coefficient (Wildman–Crippen LogP) is 4.83. The number of aryl methyl sites for hydroxylation is 1. The quantitative estimate of drug-likeness (QED) is 0.525. The second-order valence-corrected chi connectivity index (χ2v) is 8.54. The predicted molar refractivity (Wildman–Crippen MR) is 114 cm³/mol. The van der Waals surface area contributed by atoms with Crippen molar-refractivity contribution >= 4 is 27.3 Å². The van der Waals surface area contributed by atoms with Gasteiger partial charge in [0.05, 0.1) is 10.5 Å². The molecule has 0 atom stereocenters. The van der Waals surface area contributed by atoms with Crippen LogP contribution in [0.1, 0.15) is 11.1 Å². The van der Waals surface area contributed by atoms with E-state index >= 15 is 0 Å². The van der Waals surface area contributed by atoms with Crippen LogP contribution in [0.2, 0.25) is 0 Å². The summed E-state index contributed by atoms with van der Waals surface area (Å²) in [6.07, 6.45) is -4.52. The Hall–Kier alpha value is -3.53. The molecule has 0 fully saturated rings. The summed E-state index contributed by atoms with van der Waals surface area (Å²) < 4.78 is 71.0. The Morgan fingerprint density at radius 2 is 1.59 bits per heavy atom. The number of ether oxygens (including phenoxy) is 1. The SMILES string of the molecule is Cc1cccc(NS(=O)(=O)c2ccc(OCC(=O)Nc3cccc(C(F)(F)F)c3)cc2)c1. The molecule has 0 saturated heterocycles. The van der Waals surface area contributed by atoms with Gasteiger partial charge >= 0.3 is 6.18 Å². The van der Waals surface area contributed by atoms with Crippen molar-refractivity contribution in [2.24, 2.45) is 0 Å². The largest absolute Gasteiger partial charge is 0.484 e. The van der Waals surface area contributed by atoms with Crippen LogP contribution in [0.4, 0.5) is 24.5 Å². The van der Waals surface area contributed by atoms with Crippen molar-refractivity contribution in [2.45, 2.75) is 18.0 Å². The maximum absolute atomic E-state index is 12.7. The van der Waals surface area contributed by atoms with Gasteiger partial charge in [0.15, 0.2) is 6.61 Å². The highest BCUT2D eigenvalue weighted by molar-refractivity contribution is 7.92. The fourth-order valence-corrected chi connectivity index (χ4v) is 3.81. The van der Waals surface area contributed by atoms with E-state index in [1.54, 1.807) is 18.2 Å². The van der Waals surface area contributed by atoms with E-state index in [1.807, 2.05) is 13.0 Å². The molecule has 0 bridgehead atoms. The second kappa shape index (κ2) is 9.31. The molecular weight excluding hydrogens is 445 g/mol. The topological polar surface area (TPSA) is 84.5 Å². The molecule has 0 heterocycles. The lowest BCUT2D eigenvalue weighted by Crippen LogP contribution is -2.20. The van der Waals surface area contributed by atoms with Gasteiger partial charge in [0.1, 0.15) is 5.75 Å². The van der Waals surface area contributed by atoms with Crippen LogP contribution in [0.25, 0.3) is 0 Å². The number of rotatable bonds is 7. The summed E-state index contributed by atoms with van der Waals surface area (Å²) in [5.41, 5.74) is 0.429. The molecule has 0 aliphatic heterocycles. The maximum atomic E-state index is 12.7. The van der Waals surface area contributed by atoms with Crippen LogP contribution in [-0.2, 0) is 21.0 Å². The van der Waals surface area contributed by atoms with Gasteiger partial charge in [-0.1, -0.05) is 18.2 Å². The van der Waals surface area contributed by atoms with Gasteiger partial charge in [-0.25, -0.2) is 8.42 Å².